The van der Waals surface area contributed by atoms with Gasteiger partial charge in [-0.15, -0.1) is 0 Å². The van der Waals surface area contributed by atoms with Crippen LogP contribution in [-0.2, 0) is 9.53 Å². The van der Waals surface area contributed by atoms with Crippen LogP contribution in [0.1, 0.15) is 53.9 Å². The average Bonchev–Trinajstić information content (AvgIpc) is 3.80. The zero-order valence-corrected chi connectivity index (χ0v) is 22.1. The number of carboxylic acid groups (broad SMARTS) is 1. The molecule has 1 saturated carbocycles. The number of ether oxygens (including phenoxy) is 3. The fraction of sp³-hybridized carbons (Fsp3) is 0.533. The fourth-order valence-electron chi connectivity index (χ4n) is 5.65. The van der Waals surface area contributed by atoms with E-state index in [2.05, 4.69) is 4.90 Å². The second-order valence-electron chi connectivity index (χ2n) is 10.6. The molecule has 1 atom stereocenters. The van der Waals surface area contributed by atoms with E-state index in [4.69, 9.17) is 14.2 Å². The normalized spacial score (nSPS) is 19.2. The number of morpholine rings is 1. The lowest BCUT2D eigenvalue weighted by Crippen LogP contribution is -2.42. The van der Waals surface area contributed by atoms with E-state index in [1.54, 1.807) is 7.11 Å². The van der Waals surface area contributed by atoms with Crippen LogP contribution < -0.4 is 14.4 Å². The van der Waals surface area contributed by atoms with Gasteiger partial charge in [0.25, 0.3) is 5.91 Å². The van der Waals surface area contributed by atoms with Crippen molar-refractivity contribution < 1.29 is 28.9 Å². The van der Waals surface area contributed by atoms with Gasteiger partial charge in [0.1, 0.15) is 11.5 Å². The number of carbonyl (C=O) groups excluding carboxylic acids is 1. The Balaban J connectivity index is 1.19. The van der Waals surface area contributed by atoms with Crippen LogP contribution in [0.4, 0.5) is 5.69 Å². The fourth-order valence-corrected chi connectivity index (χ4v) is 5.65. The maximum Gasteiger partial charge on any atom is 0.303 e. The largest absolute Gasteiger partial charge is 0.497 e. The van der Waals surface area contributed by atoms with E-state index >= 15 is 0 Å². The van der Waals surface area contributed by atoms with Gasteiger partial charge in [-0.3, -0.25) is 9.59 Å². The highest BCUT2D eigenvalue weighted by atomic mass is 16.5. The minimum absolute atomic E-state index is 0.0451. The third kappa shape index (κ3) is 6.41. The molecule has 8 nitrogen and oxygen atoms in total. The van der Waals surface area contributed by atoms with E-state index in [0.29, 0.717) is 50.3 Å². The smallest absolute Gasteiger partial charge is 0.303 e. The Bertz CT molecular complexity index is 1120. The molecule has 5 rings (SSSR count). The van der Waals surface area contributed by atoms with Gasteiger partial charge in [-0.25, -0.2) is 0 Å². The molecule has 1 amide bonds. The molecule has 204 valence electrons. The first-order chi connectivity index (χ1) is 18.5. The summed E-state index contributed by atoms with van der Waals surface area (Å²) in [6.45, 7) is 4.69. The Labute approximate surface area is 224 Å². The summed E-state index contributed by atoms with van der Waals surface area (Å²) in [7, 11) is 1.65. The number of carboxylic acids is 1. The number of nitrogens with zero attached hydrogens (tertiary/aromatic N) is 2. The van der Waals surface area contributed by atoms with E-state index in [1.807, 2.05) is 47.4 Å². The topological polar surface area (TPSA) is 88.5 Å². The molecular weight excluding hydrogens is 484 g/mol. The van der Waals surface area contributed by atoms with Gasteiger partial charge >= 0.3 is 5.97 Å². The Kier molecular flexibility index (Phi) is 8.37. The number of amides is 1. The molecule has 0 radical (unpaired) electrons. The molecule has 1 N–H and O–H groups in total. The van der Waals surface area contributed by atoms with Crippen molar-refractivity contribution >= 4 is 17.6 Å². The number of piperidine rings is 1. The Morgan fingerprint density at radius 1 is 1.00 bits per heavy atom. The predicted octanol–water partition coefficient (Wildman–Crippen LogP) is 4.43. The summed E-state index contributed by atoms with van der Waals surface area (Å²) in [6.07, 6.45) is 4.31. The van der Waals surface area contributed by atoms with E-state index in [0.717, 1.165) is 61.5 Å². The third-order valence-corrected chi connectivity index (χ3v) is 8.05. The van der Waals surface area contributed by atoms with Crippen LogP contribution in [0, 0.1) is 11.8 Å². The third-order valence-electron chi connectivity index (χ3n) is 8.05. The first kappa shape index (κ1) is 26.4. The molecule has 2 aromatic rings. The van der Waals surface area contributed by atoms with Crippen LogP contribution in [-0.4, -0.2) is 75.0 Å². The first-order valence-corrected chi connectivity index (χ1v) is 13.8. The van der Waals surface area contributed by atoms with Crippen molar-refractivity contribution in [2.24, 2.45) is 11.8 Å². The molecule has 2 aromatic carbocycles. The lowest BCUT2D eigenvalue weighted by molar-refractivity contribution is -0.137. The molecule has 3 aliphatic rings. The lowest BCUT2D eigenvalue weighted by atomic mass is 9.91. The number of aliphatic carboxylic acids is 1. The average molecular weight is 523 g/mol. The van der Waals surface area contributed by atoms with Gasteiger partial charge in [-0.1, -0.05) is 12.1 Å². The van der Waals surface area contributed by atoms with Crippen molar-refractivity contribution in [2.45, 2.75) is 38.0 Å². The highest BCUT2D eigenvalue weighted by Crippen LogP contribution is 2.45. The summed E-state index contributed by atoms with van der Waals surface area (Å²) in [5.74, 6) is 1.81. The van der Waals surface area contributed by atoms with Gasteiger partial charge in [-0.2, -0.15) is 0 Å². The summed E-state index contributed by atoms with van der Waals surface area (Å²) in [5, 5.41) is 9.34. The Hall–Kier alpha value is -3.26. The van der Waals surface area contributed by atoms with Crippen LogP contribution in [0.15, 0.2) is 42.5 Å². The molecule has 0 aromatic heterocycles. The molecule has 0 spiro atoms. The zero-order chi connectivity index (χ0) is 26.5. The summed E-state index contributed by atoms with van der Waals surface area (Å²) in [6, 6.07) is 13.7. The predicted molar refractivity (Wildman–Crippen MR) is 144 cm³/mol. The van der Waals surface area contributed by atoms with E-state index in [9.17, 15) is 14.7 Å². The van der Waals surface area contributed by atoms with Gasteiger partial charge in [0.05, 0.1) is 44.6 Å². The molecule has 8 heteroatoms. The molecule has 38 heavy (non-hydrogen) atoms. The van der Waals surface area contributed by atoms with Crippen LogP contribution in [0.5, 0.6) is 11.5 Å². The van der Waals surface area contributed by atoms with Gasteiger partial charge in [0.2, 0.25) is 0 Å². The zero-order valence-electron chi connectivity index (χ0n) is 22.1. The van der Waals surface area contributed by atoms with Gasteiger partial charge < -0.3 is 29.1 Å². The number of hydrogen-bond donors (Lipinski definition) is 1. The molecule has 0 bridgehead atoms. The van der Waals surface area contributed by atoms with Crippen molar-refractivity contribution in [2.75, 3.05) is 58.0 Å². The Morgan fingerprint density at radius 2 is 1.76 bits per heavy atom. The summed E-state index contributed by atoms with van der Waals surface area (Å²) in [5.41, 5.74) is 2.71. The molecule has 2 aliphatic heterocycles. The van der Waals surface area contributed by atoms with Gasteiger partial charge in [0.15, 0.2) is 0 Å². The van der Waals surface area contributed by atoms with Crippen molar-refractivity contribution in [1.29, 1.82) is 0 Å². The van der Waals surface area contributed by atoms with Crippen molar-refractivity contribution in [1.82, 2.24) is 4.90 Å². The van der Waals surface area contributed by atoms with Crippen LogP contribution >= 0.6 is 0 Å². The number of anilines is 1. The molecule has 3 fully saturated rings. The molecule has 1 unspecified atom stereocenters. The summed E-state index contributed by atoms with van der Waals surface area (Å²) < 4.78 is 17.1. The van der Waals surface area contributed by atoms with Crippen molar-refractivity contribution in [3.05, 3.63) is 53.6 Å². The number of hydrogen-bond acceptors (Lipinski definition) is 6. The SMILES string of the molecule is COc1ccc(C(=O)N2CCOCC2)c(N2CCC(COc3cccc(C(CC(=O)O)C4CC4)c3)CC2)c1. The van der Waals surface area contributed by atoms with E-state index < -0.39 is 5.97 Å². The number of carbonyl (C=O) groups is 2. The molecule has 2 saturated heterocycles. The maximum absolute atomic E-state index is 13.3. The number of benzene rings is 2. The second-order valence-corrected chi connectivity index (χ2v) is 10.6. The number of methoxy groups -OCH3 is 1. The highest BCUT2D eigenvalue weighted by molar-refractivity contribution is 6.00. The lowest BCUT2D eigenvalue weighted by Gasteiger charge is -2.35. The maximum atomic E-state index is 13.3. The van der Waals surface area contributed by atoms with Crippen molar-refractivity contribution in [3.63, 3.8) is 0 Å². The van der Waals surface area contributed by atoms with Gasteiger partial charge in [0, 0.05) is 32.2 Å². The molecule has 2 heterocycles. The first-order valence-electron chi connectivity index (χ1n) is 13.8. The Morgan fingerprint density at radius 3 is 2.45 bits per heavy atom. The van der Waals surface area contributed by atoms with E-state index in [1.165, 1.54) is 0 Å². The summed E-state index contributed by atoms with van der Waals surface area (Å²) in [4.78, 5) is 28.8. The van der Waals surface area contributed by atoms with Crippen LogP contribution in [0.2, 0.25) is 0 Å². The van der Waals surface area contributed by atoms with Crippen LogP contribution in [0.25, 0.3) is 0 Å². The summed E-state index contributed by atoms with van der Waals surface area (Å²) >= 11 is 0. The minimum Gasteiger partial charge on any atom is -0.497 e. The highest BCUT2D eigenvalue weighted by Gasteiger charge is 2.34. The molecular formula is C30H38N2O6. The standard InChI is InChI=1S/C30H38N2O6/c1-36-24-7-8-26(30(35)32-13-15-37-16-14-32)28(18-24)31-11-9-21(10-12-31)20-38-25-4-2-3-23(17-25)27(19-29(33)34)22-5-6-22/h2-4,7-8,17-18,21-22,27H,5-6,9-16,19-20H2,1H3,(H,33,34). The monoisotopic (exact) mass is 522 g/mol. The van der Waals surface area contributed by atoms with Crippen molar-refractivity contribution in [3.8, 4) is 11.5 Å². The van der Waals surface area contributed by atoms with Crippen LogP contribution in [0.3, 0.4) is 0 Å². The van der Waals surface area contributed by atoms with Gasteiger partial charge in [-0.05, 0) is 73.3 Å². The van der Waals surface area contributed by atoms with E-state index in [-0.39, 0.29) is 18.2 Å². The molecule has 1 aliphatic carbocycles. The minimum atomic E-state index is -0.745. The second kappa shape index (κ2) is 12.1. The quantitative estimate of drug-likeness (QED) is 0.494. The number of rotatable bonds is 10.